The molecule has 0 spiro atoms. The third-order valence-electron chi connectivity index (χ3n) is 4.95. The number of benzene rings is 1. The highest BCUT2D eigenvalue weighted by atomic mass is 16.5. The van der Waals surface area contributed by atoms with Crippen molar-refractivity contribution < 1.29 is 9.53 Å². The van der Waals surface area contributed by atoms with E-state index in [1.54, 1.807) is 6.20 Å². The maximum atomic E-state index is 12.6. The summed E-state index contributed by atoms with van der Waals surface area (Å²) < 4.78 is 5.46. The molecule has 1 aromatic heterocycles. The number of piperazine rings is 1. The minimum absolute atomic E-state index is 0.0441. The number of ether oxygens (including phenoxy) is 1. The summed E-state index contributed by atoms with van der Waals surface area (Å²) >= 11 is 0. The first-order valence-corrected chi connectivity index (χ1v) is 8.65. The van der Waals surface area contributed by atoms with E-state index in [2.05, 4.69) is 27.2 Å². The van der Waals surface area contributed by atoms with Crippen molar-refractivity contribution in [1.29, 1.82) is 0 Å². The summed E-state index contributed by atoms with van der Waals surface area (Å²) in [5.41, 5.74) is 0. The Bertz CT molecular complexity index is 717. The van der Waals surface area contributed by atoms with Crippen LogP contribution in [-0.4, -0.2) is 60.4 Å². The largest absolute Gasteiger partial charge is 0.381 e. The molecule has 0 bridgehead atoms. The van der Waals surface area contributed by atoms with Crippen LogP contribution >= 0.6 is 0 Å². The first-order valence-electron chi connectivity index (χ1n) is 8.65. The van der Waals surface area contributed by atoms with Crippen molar-refractivity contribution in [2.24, 2.45) is 5.92 Å². The van der Waals surface area contributed by atoms with Crippen molar-refractivity contribution in [3.63, 3.8) is 0 Å². The zero-order valence-electron chi connectivity index (χ0n) is 13.7. The van der Waals surface area contributed by atoms with Crippen LogP contribution in [0.25, 0.3) is 10.8 Å². The summed E-state index contributed by atoms with van der Waals surface area (Å²) in [5, 5.41) is 10.7. The van der Waals surface area contributed by atoms with Gasteiger partial charge >= 0.3 is 0 Å². The molecule has 1 aromatic carbocycles. The SMILES string of the molecule is O=C([C@H]1CCCOC1)N1CCN(c2nncc3ccccc23)CC1. The summed E-state index contributed by atoms with van der Waals surface area (Å²) in [4.78, 5) is 16.8. The van der Waals surface area contributed by atoms with Crippen LogP contribution in [0, 0.1) is 5.92 Å². The second-order valence-corrected chi connectivity index (χ2v) is 6.48. The highest BCUT2D eigenvalue weighted by Gasteiger charge is 2.29. The zero-order chi connectivity index (χ0) is 16.4. The third kappa shape index (κ3) is 2.94. The van der Waals surface area contributed by atoms with Gasteiger partial charge in [0, 0.05) is 43.6 Å². The number of rotatable bonds is 2. The van der Waals surface area contributed by atoms with E-state index in [-0.39, 0.29) is 11.8 Å². The van der Waals surface area contributed by atoms with E-state index in [9.17, 15) is 4.79 Å². The van der Waals surface area contributed by atoms with Crippen LogP contribution < -0.4 is 4.90 Å². The summed E-state index contributed by atoms with van der Waals surface area (Å²) in [6, 6.07) is 8.17. The lowest BCUT2D eigenvalue weighted by Crippen LogP contribution is -2.51. The minimum atomic E-state index is 0.0441. The number of hydrogen-bond acceptors (Lipinski definition) is 5. The molecular formula is C18H22N4O2. The van der Waals surface area contributed by atoms with Gasteiger partial charge in [-0.25, -0.2) is 0 Å². The van der Waals surface area contributed by atoms with E-state index in [0.717, 1.165) is 62.2 Å². The molecule has 2 fully saturated rings. The Labute approximate surface area is 141 Å². The van der Waals surface area contributed by atoms with Gasteiger partial charge in [0.2, 0.25) is 5.91 Å². The van der Waals surface area contributed by atoms with Crippen molar-refractivity contribution >= 4 is 22.5 Å². The molecule has 24 heavy (non-hydrogen) atoms. The summed E-state index contributed by atoms with van der Waals surface area (Å²) in [7, 11) is 0. The highest BCUT2D eigenvalue weighted by Crippen LogP contribution is 2.25. The van der Waals surface area contributed by atoms with Crippen LogP contribution in [0.15, 0.2) is 30.5 Å². The molecule has 3 heterocycles. The Morgan fingerprint density at radius 2 is 2.00 bits per heavy atom. The normalized spacial score (nSPS) is 21.9. The Morgan fingerprint density at radius 3 is 2.79 bits per heavy atom. The third-order valence-corrected chi connectivity index (χ3v) is 4.95. The summed E-state index contributed by atoms with van der Waals surface area (Å²) in [6.07, 6.45) is 3.73. The summed E-state index contributed by atoms with van der Waals surface area (Å²) in [6.45, 7) is 4.43. The molecule has 2 aliphatic heterocycles. The van der Waals surface area contributed by atoms with E-state index in [0.29, 0.717) is 6.61 Å². The van der Waals surface area contributed by atoms with Crippen LogP contribution in [0.5, 0.6) is 0 Å². The van der Waals surface area contributed by atoms with Gasteiger partial charge in [0.05, 0.1) is 18.7 Å². The van der Waals surface area contributed by atoms with Gasteiger partial charge in [0.15, 0.2) is 5.82 Å². The van der Waals surface area contributed by atoms with E-state index in [1.807, 2.05) is 17.0 Å². The van der Waals surface area contributed by atoms with Crippen molar-refractivity contribution in [2.75, 3.05) is 44.3 Å². The van der Waals surface area contributed by atoms with E-state index in [4.69, 9.17) is 4.74 Å². The van der Waals surface area contributed by atoms with Crippen molar-refractivity contribution in [2.45, 2.75) is 12.8 Å². The fourth-order valence-corrected chi connectivity index (χ4v) is 3.58. The molecular weight excluding hydrogens is 304 g/mol. The second kappa shape index (κ2) is 6.73. The minimum Gasteiger partial charge on any atom is -0.381 e. The number of carbonyl (C=O) groups is 1. The van der Waals surface area contributed by atoms with Crippen molar-refractivity contribution in [1.82, 2.24) is 15.1 Å². The Morgan fingerprint density at radius 1 is 1.17 bits per heavy atom. The number of anilines is 1. The molecule has 0 radical (unpaired) electrons. The topological polar surface area (TPSA) is 58.6 Å². The standard InChI is InChI=1S/C18H22N4O2/c23-18(15-5-3-11-24-13-15)22-9-7-21(8-10-22)17-16-6-2-1-4-14(16)12-19-20-17/h1-2,4,6,12,15H,3,5,7-11,13H2/t15-/m0/s1. The second-order valence-electron chi connectivity index (χ2n) is 6.48. The number of aromatic nitrogens is 2. The molecule has 2 aliphatic rings. The van der Waals surface area contributed by atoms with Crippen molar-refractivity contribution in [3.05, 3.63) is 30.5 Å². The van der Waals surface area contributed by atoms with E-state index < -0.39 is 0 Å². The zero-order valence-corrected chi connectivity index (χ0v) is 13.7. The van der Waals surface area contributed by atoms with Gasteiger partial charge in [0.25, 0.3) is 0 Å². The molecule has 2 aromatic rings. The maximum absolute atomic E-state index is 12.6. The number of carbonyl (C=O) groups excluding carboxylic acids is 1. The molecule has 0 aliphatic carbocycles. The smallest absolute Gasteiger partial charge is 0.228 e. The molecule has 126 valence electrons. The fourth-order valence-electron chi connectivity index (χ4n) is 3.58. The average Bonchev–Trinajstić information content (AvgIpc) is 2.68. The monoisotopic (exact) mass is 326 g/mol. The van der Waals surface area contributed by atoms with Crippen molar-refractivity contribution in [3.8, 4) is 0 Å². The Hall–Kier alpha value is -2.21. The molecule has 1 atom stereocenters. The first kappa shape index (κ1) is 15.3. The molecule has 6 nitrogen and oxygen atoms in total. The molecule has 0 saturated carbocycles. The first-order chi connectivity index (χ1) is 11.8. The number of fused-ring (bicyclic) bond motifs is 1. The molecule has 0 unspecified atom stereocenters. The lowest BCUT2D eigenvalue weighted by atomic mass is 10.0. The highest BCUT2D eigenvalue weighted by molar-refractivity contribution is 5.91. The lowest BCUT2D eigenvalue weighted by molar-refractivity contribution is -0.140. The predicted molar refractivity (Wildman–Crippen MR) is 91.9 cm³/mol. The van der Waals surface area contributed by atoms with Gasteiger partial charge in [-0.15, -0.1) is 5.10 Å². The van der Waals surface area contributed by atoms with E-state index >= 15 is 0 Å². The number of hydrogen-bond donors (Lipinski definition) is 0. The number of nitrogens with zero attached hydrogens (tertiary/aromatic N) is 4. The van der Waals surface area contributed by atoms with E-state index in [1.165, 1.54) is 0 Å². The Kier molecular flexibility index (Phi) is 4.30. The maximum Gasteiger partial charge on any atom is 0.228 e. The Balaban J connectivity index is 1.45. The van der Waals surface area contributed by atoms with Gasteiger partial charge < -0.3 is 14.5 Å². The quantitative estimate of drug-likeness (QED) is 0.841. The lowest BCUT2D eigenvalue weighted by Gasteiger charge is -2.37. The van der Waals surface area contributed by atoms with Crippen LogP contribution in [0.4, 0.5) is 5.82 Å². The van der Waals surface area contributed by atoms with Crippen LogP contribution in [0.2, 0.25) is 0 Å². The van der Waals surface area contributed by atoms with Crippen LogP contribution in [-0.2, 0) is 9.53 Å². The van der Waals surface area contributed by atoms with Gasteiger partial charge in [-0.3, -0.25) is 4.79 Å². The molecule has 6 heteroatoms. The average molecular weight is 326 g/mol. The fraction of sp³-hybridized carbons (Fsp3) is 0.500. The van der Waals surface area contributed by atoms with Gasteiger partial charge in [0.1, 0.15) is 0 Å². The molecule has 1 amide bonds. The van der Waals surface area contributed by atoms with Gasteiger partial charge in [-0.2, -0.15) is 5.10 Å². The molecule has 0 N–H and O–H groups in total. The molecule has 4 rings (SSSR count). The van der Waals surface area contributed by atoms with Crippen LogP contribution in [0.3, 0.4) is 0 Å². The number of amides is 1. The van der Waals surface area contributed by atoms with Crippen LogP contribution in [0.1, 0.15) is 12.8 Å². The summed E-state index contributed by atoms with van der Waals surface area (Å²) in [5.74, 6) is 1.21. The van der Waals surface area contributed by atoms with Gasteiger partial charge in [-0.1, -0.05) is 24.3 Å². The molecule has 2 saturated heterocycles. The predicted octanol–water partition coefficient (Wildman–Crippen LogP) is 1.70. The van der Waals surface area contributed by atoms with Gasteiger partial charge in [-0.05, 0) is 12.8 Å².